The summed E-state index contributed by atoms with van der Waals surface area (Å²) in [6.07, 6.45) is 0. The minimum atomic E-state index is -0.0949. The Labute approximate surface area is 197 Å². The molecule has 1 aliphatic heterocycles. The van der Waals surface area contributed by atoms with Gasteiger partial charge in [0.05, 0.1) is 17.0 Å². The Morgan fingerprint density at radius 1 is 0.939 bits per heavy atom. The third-order valence-electron chi connectivity index (χ3n) is 6.19. The number of benzene rings is 2. The normalized spacial score (nSPS) is 14.7. The number of hydrogen-bond donors (Lipinski definition) is 0. The van der Waals surface area contributed by atoms with Crippen molar-refractivity contribution in [2.75, 3.05) is 26.2 Å². The summed E-state index contributed by atoms with van der Waals surface area (Å²) in [6.45, 7) is 7.70. The largest absolute Gasteiger partial charge is 0.335 e. The van der Waals surface area contributed by atoms with Crippen molar-refractivity contribution in [3.05, 3.63) is 82.3 Å². The molecule has 5 rings (SSSR count). The molecule has 0 spiro atoms. The van der Waals surface area contributed by atoms with E-state index in [1.54, 1.807) is 4.52 Å². The van der Waals surface area contributed by atoms with Gasteiger partial charge in [-0.15, -0.1) is 10.2 Å². The number of piperazine rings is 1. The van der Waals surface area contributed by atoms with Crippen LogP contribution in [0.1, 0.15) is 27.4 Å². The van der Waals surface area contributed by atoms with E-state index >= 15 is 0 Å². The zero-order chi connectivity index (χ0) is 22.9. The number of carbonyl (C=O) groups is 1. The number of fused-ring (bicyclic) bond motifs is 1. The standard InChI is InChI=1S/C25H25ClN6O/c1-17-22(20-8-10-21(26)11-9-20)24-28-27-23(18(2)32(24)29-17)25(33)31-14-12-30(13-15-31)16-19-6-4-3-5-7-19/h3-11H,12-16H2,1-2H3. The van der Waals surface area contributed by atoms with E-state index in [9.17, 15) is 4.79 Å². The lowest BCUT2D eigenvalue weighted by Crippen LogP contribution is -2.48. The van der Waals surface area contributed by atoms with Gasteiger partial charge in [0.1, 0.15) is 0 Å². The molecule has 168 valence electrons. The highest BCUT2D eigenvalue weighted by atomic mass is 35.5. The number of rotatable bonds is 4. The summed E-state index contributed by atoms with van der Waals surface area (Å²) in [4.78, 5) is 17.5. The van der Waals surface area contributed by atoms with Crippen molar-refractivity contribution in [2.45, 2.75) is 20.4 Å². The van der Waals surface area contributed by atoms with E-state index in [0.29, 0.717) is 35.1 Å². The smallest absolute Gasteiger partial charge is 0.276 e. The zero-order valence-electron chi connectivity index (χ0n) is 18.7. The maximum Gasteiger partial charge on any atom is 0.276 e. The molecule has 0 radical (unpaired) electrons. The monoisotopic (exact) mass is 460 g/mol. The van der Waals surface area contributed by atoms with E-state index in [2.05, 4.69) is 44.5 Å². The quantitative estimate of drug-likeness (QED) is 0.460. The molecule has 0 saturated carbocycles. The molecular weight excluding hydrogens is 436 g/mol. The van der Waals surface area contributed by atoms with Crippen molar-refractivity contribution in [1.82, 2.24) is 29.6 Å². The molecular formula is C25H25ClN6O. The van der Waals surface area contributed by atoms with Gasteiger partial charge >= 0.3 is 0 Å². The lowest BCUT2D eigenvalue weighted by atomic mass is 10.1. The molecule has 0 atom stereocenters. The first kappa shape index (κ1) is 21.6. The van der Waals surface area contributed by atoms with Gasteiger partial charge in [0.15, 0.2) is 11.3 Å². The third-order valence-corrected chi connectivity index (χ3v) is 6.44. The predicted molar refractivity (Wildman–Crippen MR) is 128 cm³/mol. The SMILES string of the molecule is Cc1nn2c(C)c(C(=O)N3CCN(Cc4ccccc4)CC3)nnc2c1-c1ccc(Cl)cc1. The van der Waals surface area contributed by atoms with Crippen LogP contribution in [-0.2, 0) is 6.54 Å². The average molecular weight is 461 g/mol. The fourth-order valence-corrected chi connectivity index (χ4v) is 4.49. The number of aryl methyl sites for hydroxylation is 2. The highest BCUT2D eigenvalue weighted by Gasteiger charge is 2.27. The summed E-state index contributed by atoms with van der Waals surface area (Å²) in [5, 5.41) is 14.1. The number of carbonyl (C=O) groups excluding carboxylic acids is 1. The van der Waals surface area contributed by atoms with Crippen molar-refractivity contribution < 1.29 is 4.79 Å². The maximum atomic E-state index is 13.3. The van der Waals surface area contributed by atoms with Crippen LogP contribution in [0.25, 0.3) is 16.8 Å². The molecule has 1 aliphatic rings. The summed E-state index contributed by atoms with van der Waals surface area (Å²) in [5.74, 6) is -0.0949. The fraction of sp³-hybridized carbons (Fsp3) is 0.280. The number of hydrogen-bond acceptors (Lipinski definition) is 5. The molecule has 33 heavy (non-hydrogen) atoms. The van der Waals surface area contributed by atoms with Crippen LogP contribution in [0, 0.1) is 13.8 Å². The fourth-order valence-electron chi connectivity index (χ4n) is 4.36. The molecule has 0 unspecified atom stereocenters. The highest BCUT2D eigenvalue weighted by Crippen LogP contribution is 2.29. The molecule has 1 amide bonds. The van der Waals surface area contributed by atoms with E-state index in [0.717, 1.165) is 36.5 Å². The van der Waals surface area contributed by atoms with Gasteiger partial charge < -0.3 is 4.90 Å². The van der Waals surface area contributed by atoms with Gasteiger partial charge in [-0.05, 0) is 37.1 Å². The van der Waals surface area contributed by atoms with Gasteiger partial charge in [0.2, 0.25) is 0 Å². The minimum absolute atomic E-state index is 0.0949. The lowest BCUT2D eigenvalue weighted by Gasteiger charge is -2.34. The second-order valence-corrected chi connectivity index (χ2v) is 8.83. The van der Waals surface area contributed by atoms with E-state index in [-0.39, 0.29) is 5.91 Å². The van der Waals surface area contributed by atoms with Crippen molar-refractivity contribution in [1.29, 1.82) is 0 Å². The summed E-state index contributed by atoms with van der Waals surface area (Å²) in [6, 6.07) is 18.0. The molecule has 2 aromatic heterocycles. The predicted octanol–water partition coefficient (Wildman–Crippen LogP) is 4.02. The van der Waals surface area contributed by atoms with Gasteiger partial charge in [0.25, 0.3) is 5.91 Å². The Hall–Kier alpha value is -3.29. The lowest BCUT2D eigenvalue weighted by molar-refractivity contribution is 0.0620. The maximum absolute atomic E-state index is 13.3. The van der Waals surface area contributed by atoms with Crippen LogP contribution in [-0.4, -0.2) is 61.7 Å². The average Bonchev–Trinajstić information content (AvgIpc) is 3.17. The Kier molecular flexibility index (Phi) is 5.83. The second-order valence-electron chi connectivity index (χ2n) is 8.39. The molecule has 0 bridgehead atoms. The van der Waals surface area contributed by atoms with Gasteiger partial charge in [-0.1, -0.05) is 54.1 Å². The van der Waals surface area contributed by atoms with Crippen LogP contribution < -0.4 is 0 Å². The van der Waals surface area contributed by atoms with Gasteiger partial charge in [-0.3, -0.25) is 9.69 Å². The Bertz CT molecular complexity index is 1290. The number of nitrogens with zero attached hydrogens (tertiary/aromatic N) is 6. The molecule has 1 fully saturated rings. The zero-order valence-corrected chi connectivity index (χ0v) is 19.5. The highest BCUT2D eigenvalue weighted by molar-refractivity contribution is 6.30. The molecule has 4 aromatic rings. The Balaban J connectivity index is 1.35. The molecule has 2 aromatic carbocycles. The molecule has 3 heterocycles. The first-order valence-electron chi connectivity index (χ1n) is 11.1. The van der Waals surface area contributed by atoms with Crippen LogP contribution in [0.3, 0.4) is 0 Å². The minimum Gasteiger partial charge on any atom is -0.335 e. The Morgan fingerprint density at radius 3 is 2.33 bits per heavy atom. The Morgan fingerprint density at radius 2 is 1.64 bits per heavy atom. The first-order valence-corrected chi connectivity index (χ1v) is 11.4. The number of amides is 1. The molecule has 1 saturated heterocycles. The topological polar surface area (TPSA) is 66.6 Å². The second kappa shape index (κ2) is 8.92. The van der Waals surface area contributed by atoms with Crippen molar-refractivity contribution >= 4 is 23.2 Å². The van der Waals surface area contributed by atoms with E-state index in [1.165, 1.54) is 5.56 Å². The number of aromatic nitrogens is 4. The van der Waals surface area contributed by atoms with Gasteiger partial charge in [-0.25, -0.2) is 4.52 Å². The number of halogens is 1. The van der Waals surface area contributed by atoms with E-state index in [4.69, 9.17) is 11.6 Å². The van der Waals surface area contributed by atoms with E-state index in [1.807, 2.05) is 49.1 Å². The van der Waals surface area contributed by atoms with E-state index < -0.39 is 0 Å². The molecule has 8 heteroatoms. The van der Waals surface area contributed by atoms with Crippen LogP contribution in [0.2, 0.25) is 5.02 Å². The van der Waals surface area contributed by atoms with Gasteiger partial charge in [-0.2, -0.15) is 5.10 Å². The third kappa shape index (κ3) is 4.21. The van der Waals surface area contributed by atoms with Gasteiger partial charge in [0, 0.05) is 37.7 Å². The summed E-state index contributed by atoms with van der Waals surface area (Å²) in [7, 11) is 0. The summed E-state index contributed by atoms with van der Waals surface area (Å²) >= 11 is 6.04. The summed E-state index contributed by atoms with van der Waals surface area (Å²) in [5.41, 5.74) is 5.66. The molecule has 0 aliphatic carbocycles. The van der Waals surface area contributed by atoms with Crippen LogP contribution in [0.4, 0.5) is 0 Å². The molecule has 0 N–H and O–H groups in total. The summed E-state index contributed by atoms with van der Waals surface area (Å²) < 4.78 is 1.73. The van der Waals surface area contributed by atoms with Crippen molar-refractivity contribution in [3.63, 3.8) is 0 Å². The van der Waals surface area contributed by atoms with Crippen molar-refractivity contribution in [2.24, 2.45) is 0 Å². The van der Waals surface area contributed by atoms with Crippen LogP contribution in [0.15, 0.2) is 54.6 Å². The van der Waals surface area contributed by atoms with Crippen LogP contribution >= 0.6 is 11.6 Å². The molecule has 7 nitrogen and oxygen atoms in total. The first-order chi connectivity index (χ1) is 16.0. The van der Waals surface area contributed by atoms with Crippen molar-refractivity contribution in [3.8, 4) is 11.1 Å². The van der Waals surface area contributed by atoms with Crippen LogP contribution in [0.5, 0.6) is 0 Å².